The first-order valence-electron chi connectivity index (χ1n) is 16.4. The second kappa shape index (κ2) is 16.7. The quantitative estimate of drug-likeness (QED) is 0.146. The lowest BCUT2D eigenvalue weighted by Gasteiger charge is -2.19. The number of benzene rings is 1. The third kappa shape index (κ3) is 10.8. The minimum atomic E-state index is -0.0319. The van der Waals surface area contributed by atoms with Gasteiger partial charge in [0.1, 0.15) is 0 Å². The Morgan fingerprint density at radius 1 is 0.833 bits per heavy atom. The summed E-state index contributed by atoms with van der Waals surface area (Å²) in [6.07, 6.45) is 21.5. The fourth-order valence-corrected chi connectivity index (χ4v) is 4.59. The minimum absolute atomic E-state index is 0.0319. The number of carbonyl (C=O) groups is 1. The van der Waals surface area contributed by atoms with Gasteiger partial charge in [-0.15, -0.1) is 0 Å². The monoisotopic (exact) mass is 638 g/mol. The van der Waals surface area contributed by atoms with E-state index in [2.05, 4.69) is 96.1 Å². The first-order valence-corrected chi connectivity index (χ1v) is 16.4. The second-order valence-corrected chi connectivity index (χ2v) is 13.9. The lowest BCUT2D eigenvalue weighted by molar-refractivity contribution is -0.111. The van der Waals surface area contributed by atoms with Crippen molar-refractivity contribution in [2.75, 3.05) is 0 Å². The summed E-state index contributed by atoms with van der Waals surface area (Å²) < 4.78 is 0. The zero-order chi connectivity index (χ0) is 35.5. The predicted molar refractivity (Wildman–Crippen MR) is 204 cm³/mol. The number of Topliss-reactive ketones (excluding diaryl/α,β-unsaturated/α-hetero) is 1. The SMILES string of the molecule is C=C/C=C(\C=C/CC(C)(C)C)c1nc(-c2ccc(C(C)(C)C)cc2)nc(-c2ccc(C(=C)/C=C\C(=C/C)C(=O)/C(C)=C/C=C\C)nc2)n1. The highest BCUT2D eigenvalue weighted by molar-refractivity contribution is 6.10. The molecule has 3 aromatic rings. The van der Waals surface area contributed by atoms with Gasteiger partial charge in [0, 0.05) is 28.5 Å². The Bertz CT molecular complexity index is 1800. The number of rotatable bonds is 12. The average Bonchev–Trinajstić information content (AvgIpc) is 3.05. The summed E-state index contributed by atoms with van der Waals surface area (Å²) in [7, 11) is 0. The van der Waals surface area contributed by atoms with Crippen LogP contribution in [0.1, 0.15) is 85.8 Å². The molecule has 0 saturated heterocycles. The molecule has 0 radical (unpaired) electrons. The first-order chi connectivity index (χ1) is 22.7. The Balaban J connectivity index is 2.02. The molecule has 0 aliphatic carbocycles. The van der Waals surface area contributed by atoms with Crippen LogP contribution < -0.4 is 0 Å². The van der Waals surface area contributed by atoms with Crippen molar-refractivity contribution in [3.63, 3.8) is 0 Å². The van der Waals surface area contributed by atoms with Crippen LogP contribution in [0.4, 0.5) is 0 Å². The molecule has 2 aromatic heterocycles. The van der Waals surface area contributed by atoms with Gasteiger partial charge in [0.2, 0.25) is 0 Å². The molecule has 0 aliphatic rings. The van der Waals surface area contributed by atoms with Crippen molar-refractivity contribution < 1.29 is 4.79 Å². The van der Waals surface area contributed by atoms with E-state index in [1.165, 1.54) is 5.56 Å². The maximum Gasteiger partial charge on any atom is 0.188 e. The van der Waals surface area contributed by atoms with Gasteiger partial charge in [-0.05, 0) is 66.9 Å². The van der Waals surface area contributed by atoms with E-state index in [0.717, 1.165) is 23.1 Å². The number of aromatic nitrogens is 4. The molecule has 5 nitrogen and oxygen atoms in total. The Labute approximate surface area is 288 Å². The molecule has 0 saturated carbocycles. The van der Waals surface area contributed by atoms with E-state index in [9.17, 15) is 4.79 Å². The molecule has 0 atom stereocenters. The van der Waals surface area contributed by atoms with Crippen LogP contribution in [-0.2, 0) is 10.2 Å². The molecule has 0 fully saturated rings. The zero-order valence-corrected chi connectivity index (χ0v) is 30.1. The van der Waals surface area contributed by atoms with Crippen molar-refractivity contribution in [2.45, 2.75) is 74.1 Å². The average molecular weight is 639 g/mol. The maximum absolute atomic E-state index is 12.8. The van der Waals surface area contributed by atoms with Crippen LogP contribution in [0.3, 0.4) is 0 Å². The fourth-order valence-electron chi connectivity index (χ4n) is 4.59. The van der Waals surface area contributed by atoms with E-state index in [1.54, 1.807) is 24.4 Å². The Kier molecular flexibility index (Phi) is 13.0. The van der Waals surface area contributed by atoms with Crippen LogP contribution >= 0.6 is 0 Å². The number of allylic oxidation sites excluding steroid dienone is 14. The van der Waals surface area contributed by atoms with Crippen LogP contribution in [-0.4, -0.2) is 25.7 Å². The number of hydrogen-bond acceptors (Lipinski definition) is 5. The normalized spacial score (nSPS) is 13.6. The summed E-state index contributed by atoms with van der Waals surface area (Å²) in [5.74, 6) is 1.61. The van der Waals surface area contributed by atoms with Crippen LogP contribution in [0, 0.1) is 5.41 Å². The lowest BCUT2D eigenvalue weighted by atomic mass is 9.87. The highest BCUT2D eigenvalue weighted by Gasteiger charge is 2.17. The Morgan fingerprint density at radius 3 is 2.02 bits per heavy atom. The van der Waals surface area contributed by atoms with Gasteiger partial charge in [-0.3, -0.25) is 9.78 Å². The molecule has 2 heterocycles. The number of carbonyl (C=O) groups excluding carboxylic acids is 1. The highest BCUT2D eigenvalue weighted by Crippen LogP contribution is 2.28. The zero-order valence-electron chi connectivity index (χ0n) is 30.1. The van der Waals surface area contributed by atoms with Gasteiger partial charge >= 0.3 is 0 Å². The molecular formula is C43H50N4O. The smallest absolute Gasteiger partial charge is 0.188 e. The molecule has 248 valence electrons. The van der Waals surface area contributed by atoms with Gasteiger partial charge in [-0.2, -0.15) is 0 Å². The summed E-state index contributed by atoms with van der Waals surface area (Å²) >= 11 is 0. The van der Waals surface area contributed by atoms with E-state index >= 15 is 0 Å². The molecule has 48 heavy (non-hydrogen) atoms. The molecule has 0 aliphatic heterocycles. The third-order valence-corrected chi connectivity index (χ3v) is 7.51. The largest absolute Gasteiger partial charge is 0.289 e. The molecule has 0 spiro atoms. The number of pyridine rings is 1. The maximum atomic E-state index is 12.8. The Hall–Kier alpha value is -5.03. The molecular weight excluding hydrogens is 589 g/mol. The summed E-state index contributed by atoms with van der Waals surface area (Å²) in [5, 5.41) is 0. The third-order valence-electron chi connectivity index (χ3n) is 7.51. The van der Waals surface area contributed by atoms with Crippen molar-refractivity contribution >= 4 is 16.9 Å². The van der Waals surface area contributed by atoms with E-state index in [1.807, 2.05) is 63.3 Å². The molecule has 3 rings (SSSR count). The van der Waals surface area contributed by atoms with Gasteiger partial charge in [-0.25, -0.2) is 15.0 Å². The molecule has 1 aromatic carbocycles. The molecule has 0 N–H and O–H groups in total. The van der Waals surface area contributed by atoms with Gasteiger partial charge < -0.3 is 0 Å². The molecule has 0 amide bonds. The van der Waals surface area contributed by atoms with Crippen LogP contribution in [0.25, 0.3) is 33.9 Å². The lowest BCUT2D eigenvalue weighted by Crippen LogP contribution is -2.10. The van der Waals surface area contributed by atoms with Crippen molar-refractivity contribution in [3.05, 3.63) is 145 Å². The summed E-state index contributed by atoms with van der Waals surface area (Å²) in [6, 6.07) is 12.2. The molecule has 5 heteroatoms. The van der Waals surface area contributed by atoms with Gasteiger partial charge in [0.05, 0.1) is 5.69 Å². The van der Waals surface area contributed by atoms with Crippen molar-refractivity contribution in [1.29, 1.82) is 0 Å². The van der Waals surface area contributed by atoms with E-state index in [4.69, 9.17) is 15.0 Å². The number of ketones is 1. The summed E-state index contributed by atoms with van der Waals surface area (Å²) in [6.45, 7) is 26.9. The van der Waals surface area contributed by atoms with Crippen molar-refractivity contribution in [2.24, 2.45) is 5.41 Å². The van der Waals surface area contributed by atoms with Gasteiger partial charge in [0.25, 0.3) is 0 Å². The molecule has 0 unspecified atom stereocenters. The molecule has 0 bridgehead atoms. The van der Waals surface area contributed by atoms with Crippen molar-refractivity contribution in [1.82, 2.24) is 19.9 Å². The number of hydrogen-bond donors (Lipinski definition) is 0. The Morgan fingerprint density at radius 2 is 1.48 bits per heavy atom. The van der Waals surface area contributed by atoms with Crippen molar-refractivity contribution in [3.8, 4) is 22.8 Å². The summed E-state index contributed by atoms with van der Waals surface area (Å²) in [4.78, 5) is 32.2. The number of nitrogens with zero attached hydrogens (tertiary/aromatic N) is 4. The summed E-state index contributed by atoms with van der Waals surface area (Å²) in [5.41, 5.74) is 6.53. The van der Waals surface area contributed by atoms with E-state index < -0.39 is 0 Å². The van der Waals surface area contributed by atoms with E-state index in [0.29, 0.717) is 39.9 Å². The van der Waals surface area contributed by atoms with Gasteiger partial charge in [0.15, 0.2) is 23.3 Å². The topological polar surface area (TPSA) is 68.6 Å². The standard InChI is InChI=1S/C43H50N4O/c1-12-15-18-31(5)38(48)32(14-3)21-20-30(4)37-27-24-35(29-44-37)41-46-39(33(17-13-2)19-16-28-42(6,7)8)45-40(47-41)34-22-25-36(26-23-34)43(9,10)11/h12-27,29H,2,4,28H2,1,3,5-11H3/b15-12-,19-16-,21-20-,31-18+,32-14+,33-17+. The fraction of sp³-hybridized carbons (Fsp3) is 0.279. The minimum Gasteiger partial charge on any atom is -0.289 e. The van der Waals surface area contributed by atoms with E-state index in [-0.39, 0.29) is 16.6 Å². The van der Waals surface area contributed by atoms with Crippen LogP contribution in [0.5, 0.6) is 0 Å². The first kappa shape index (κ1) is 37.4. The van der Waals surface area contributed by atoms with Gasteiger partial charge in [-0.1, -0.05) is 140 Å². The van der Waals surface area contributed by atoms with Crippen LogP contribution in [0.2, 0.25) is 0 Å². The van der Waals surface area contributed by atoms with Crippen LogP contribution in [0.15, 0.2) is 128 Å². The highest BCUT2D eigenvalue weighted by atomic mass is 16.1. The predicted octanol–water partition coefficient (Wildman–Crippen LogP) is 11.1. The second-order valence-electron chi connectivity index (χ2n) is 13.9.